The molecule has 0 bridgehead atoms. The molecule has 132 valence electrons. The summed E-state index contributed by atoms with van der Waals surface area (Å²) in [4.78, 5) is 12.3. The largest absolute Gasteiger partial charge is 0.322 e. The lowest BCUT2D eigenvalue weighted by Crippen LogP contribution is -2.23. The minimum atomic E-state index is -0.195. The quantitative estimate of drug-likeness (QED) is 0.657. The smallest absolute Gasteiger partial charge is 0.255 e. The van der Waals surface area contributed by atoms with Gasteiger partial charge in [0, 0.05) is 16.0 Å². The fourth-order valence-electron chi connectivity index (χ4n) is 3.13. The number of amides is 1. The summed E-state index contributed by atoms with van der Waals surface area (Å²) in [5, 5.41) is 3.71. The van der Waals surface area contributed by atoms with E-state index < -0.39 is 0 Å². The first-order valence-corrected chi connectivity index (χ1v) is 10.1. The highest BCUT2D eigenvalue weighted by atomic mass is 35.5. The summed E-state index contributed by atoms with van der Waals surface area (Å²) in [6.45, 7) is 4.67. The van der Waals surface area contributed by atoms with Crippen molar-refractivity contribution in [2.75, 3.05) is 11.1 Å². The SMILES string of the molecule is CC1(C)SCCC1Cc1ccc(NC(=O)c2ccc(Cl)c(Cl)c2)cc1. The minimum Gasteiger partial charge on any atom is -0.322 e. The maximum Gasteiger partial charge on any atom is 0.255 e. The van der Waals surface area contributed by atoms with E-state index in [4.69, 9.17) is 23.2 Å². The van der Waals surface area contributed by atoms with Crippen LogP contribution < -0.4 is 5.32 Å². The van der Waals surface area contributed by atoms with Crippen LogP contribution in [0, 0.1) is 5.92 Å². The van der Waals surface area contributed by atoms with Crippen molar-refractivity contribution in [3.05, 3.63) is 63.6 Å². The second-order valence-electron chi connectivity index (χ2n) is 6.92. The lowest BCUT2D eigenvalue weighted by molar-refractivity contribution is 0.102. The summed E-state index contributed by atoms with van der Waals surface area (Å²) in [5.41, 5.74) is 2.58. The van der Waals surface area contributed by atoms with Crippen molar-refractivity contribution in [2.45, 2.75) is 31.4 Å². The van der Waals surface area contributed by atoms with E-state index in [0.29, 0.717) is 26.3 Å². The van der Waals surface area contributed by atoms with Gasteiger partial charge in [-0.25, -0.2) is 0 Å². The summed E-state index contributed by atoms with van der Waals surface area (Å²) < 4.78 is 0.348. The summed E-state index contributed by atoms with van der Waals surface area (Å²) in [6, 6.07) is 13.0. The van der Waals surface area contributed by atoms with Crippen LogP contribution in [0.4, 0.5) is 5.69 Å². The van der Waals surface area contributed by atoms with Gasteiger partial charge in [0.2, 0.25) is 0 Å². The van der Waals surface area contributed by atoms with Crippen LogP contribution >= 0.6 is 35.0 Å². The third-order valence-corrected chi connectivity index (χ3v) is 7.06. The number of carbonyl (C=O) groups excluding carboxylic acids is 1. The number of rotatable bonds is 4. The van der Waals surface area contributed by atoms with Crippen LogP contribution in [0.15, 0.2) is 42.5 Å². The Morgan fingerprint density at radius 3 is 2.48 bits per heavy atom. The van der Waals surface area contributed by atoms with Gasteiger partial charge in [-0.1, -0.05) is 49.2 Å². The van der Waals surface area contributed by atoms with Crippen molar-refractivity contribution >= 4 is 46.6 Å². The summed E-state index contributed by atoms with van der Waals surface area (Å²) >= 11 is 13.9. The number of hydrogen-bond donors (Lipinski definition) is 1. The van der Waals surface area contributed by atoms with Crippen LogP contribution in [-0.2, 0) is 6.42 Å². The summed E-state index contributed by atoms with van der Waals surface area (Å²) in [5.74, 6) is 1.75. The Balaban J connectivity index is 1.64. The average molecular weight is 394 g/mol. The van der Waals surface area contributed by atoms with Crippen LogP contribution in [0.25, 0.3) is 0 Å². The first kappa shape index (κ1) is 18.6. The molecule has 5 heteroatoms. The van der Waals surface area contributed by atoms with E-state index in [9.17, 15) is 4.79 Å². The molecule has 25 heavy (non-hydrogen) atoms. The van der Waals surface area contributed by atoms with Crippen molar-refractivity contribution in [2.24, 2.45) is 5.92 Å². The normalized spacial score (nSPS) is 19.0. The molecule has 3 rings (SSSR count). The molecule has 0 radical (unpaired) electrons. The van der Waals surface area contributed by atoms with E-state index in [2.05, 4.69) is 43.1 Å². The zero-order valence-corrected chi connectivity index (χ0v) is 16.6. The third kappa shape index (κ3) is 4.52. The zero-order chi connectivity index (χ0) is 18.0. The highest BCUT2D eigenvalue weighted by Crippen LogP contribution is 2.43. The van der Waals surface area contributed by atoms with E-state index in [-0.39, 0.29) is 5.91 Å². The molecule has 2 aromatic rings. The molecular formula is C20H21Cl2NOS. The van der Waals surface area contributed by atoms with Crippen LogP contribution in [-0.4, -0.2) is 16.4 Å². The number of nitrogens with one attached hydrogen (secondary N) is 1. The summed E-state index contributed by atoms with van der Waals surface area (Å²) in [6.07, 6.45) is 2.36. The number of hydrogen-bond acceptors (Lipinski definition) is 2. The van der Waals surface area contributed by atoms with Gasteiger partial charge in [-0.2, -0.15) is 11.8 Å². The van der Waals surface area contributed by atoms with Crippen LogP contribution in [0.5, 0.6) is 0 Å². The molecule has 1 amide bonds. The predicted octanol–water partition coefficient (Wildman–Crippen LogP) is 6.32. The highest BCUT2D eigenvalue weighted by Gasteiger charge is 2.34. The number of benzene rings is 2. The van der Waals surface area contributed by atoms with E-state index >= 15 is 0 Å². The molecule has 1 saturated heterocycles. The molecule has 1 fully saturated rings. The Morgan fingerprint density at radius 2 is 1.88 bits per heavy atom. The summed E-state index contributed by atoms with van der Waals surface area (Å²) in [7, 11) is 0. The van der Waals surface area contributed by atoms with Crippen molar-refractivity contribution < 1.29 is 4.79 Å². The fraction of sp³-hybridized carbons (Fsp3) is 0.350. The van der Waals surface area contributed by atoms with Crippen LogP contribution in [0.3, 0.4) is 0 Å². The van der Waals surface area contributed by atoms with Crippen LogP contribution in [0.1, 0.15) is 36.2 Å². The molecule has 2 aromatic carbocycles. The third-order valence-electron chi connectivity index (χ3n) is 4.80. The Morgan fingerprint density at radius 1 is 1.16 bits per heavy atom. The van der Waals surface area contributed by atoms with Gasteiger partial charge in [0.1, 0.15) is 0 Å². The average Bonchev–Trinajstić information content (AvgIpc) is 2.90. The predicted molar refractivity (Wildman–Crippen MR) is 109 cm³/mol. The highest BCUT2D eigenvalue weighted by molar-refractivity contribution is 8.00. The maximum atomic E-state index is 12.3. The minimum absolute atomic E-state index is 0.195. The van der Waals surface area contributed by atoms with E-state index in [1.54, 1.807) is 18.2 Å². The number of halogens is 2. The number of thioether (sulfide) groups is 1. The number of anilines is 1. The lowest BCUT2D eigenvalue weighted by atomic mass is 9.87. The Kier molecular flexibility index (Phi) is 5.67. The molecule has 1 atom stereocenters. The Hall–Kier alpha value is -1.16. The second kappa shape index (κ2) is 7.61. The molecular weight excluding hydrogens is 373 g/mol. The monoisotopic (exact) mass is 393 g/mol. The van der Waals surface area contributed by atoms with Gasteiger partial charge in [-0.15, -0.1) is 0 Å². The van der Waals surface area contributed by atoms with Gasteiger partial charge in [0.15, 0.2) is 0 Å². The molecule has 1 aliphatic heterocycles. The Labute approximate surface area is 163 Å². The molecule has 2 nitrogen and oxygen atoms in total. The fourth-order valence-corrected chi connectivity index (χ4v) is 4.79. The standard InChI is InChI=1S/C20H21Cl2NOS/c1-20(2)15(9-10-25-20)11-13-3-6-16(7-4-13)23-19(24)14-5-8-17(21)18(22)12-14/h3-8,12,15H,9-11H2,1-2H3,(H,23,24). The number of carbonyl (C=O) groups is 1. The Bertz CT molecular complexity index is 774. The van der Waals surface area contributed by atoms with Gasteiger partial charge in [-0.3, -0.25) is 4.79 Å². The molecule has 1 N–H and O–H groups in total. The van der Waals surface area contributed by atoms with Crippen molar-refractivity contribution in [1.82, 2.24) is 0 Å². The van der Waals surface area contributed by atoms with Gasteiger partial charge in [-0.05, 0) is 60.4 Å². The molecule has 0 spiro atoms. The first-order chi connectivity index (χ1) is 11.8. The first-order valence-electron chi connectivity index (χ1n) is 8.34. The topological polar surface area (TPSA) is 29.1 Å². The molecule has 1 heterocycles. The molecule has 0 saturated carbocycles. The van der Waals surface area contributed by atoms with Crippen LogP contribution in [0.2, 0.25) is 10.0 Å². The van der Waals surface area contributed by atoms with E-state index in [1.807, 2.05) is 12.1 Å². The molecule has 1 unspecified atom stereocenters. The van der Waals surface area contributed by atoms with Crippen molar-refractivity contribution in [3.8, 4) is 0 Å². The van der Waals surface area contributed by atoms with Gasteiger partial charge >= 0.3 is 0 Å². The second-order valence-corrected chi connectivity index (χ2v) is 9.49. The van der Waals surface area contributed by atoms with E-state index in [1.165, 1.54) is 17.7 Å². The molecule has 0 aromatic heterocycles. The zero-order valence-electron chi connectivity index (χ0n) is 14.3. The molecule has 0 aliphatic carbocycles. The van der Waals surface area contributed by atoms with Gasteiger partial charge in [0.05, 0.1) is 10.0 Å². The van der Waals surface area contributed by atoms with Gasteiger partial charge in [0.25, 0.3) is 5.91 Å². The van der Waals surface area contributed by atoms with Gasteiger partial charge < -0.3 is 5.32 Å². The van der Waals surface area contributed by atoms with Crippen molar-refractivity contribution in [1.29, 1.82) is 0 Å². The van der Waals surface area contributed by atoms with Crippen molar-refractivity contribution in [3.63, 3.8) is 0 Å². The van der Waals surface area contributed by atoms with E-state index in [0.717, 1.165) is 12.1 Å². The maximum absolute atomic E-state index is 12.3. The molecule has 1 aliphatic rings. The lowest BCUT2D eigenvalue weighted by Gasteiger charge is -2.26.